The molecule has 2 nitrogen and oxygen atoms in total. The molecule has 0 rings (SSSR count). The predicted molar refractivity (Wildman–Crippen MR) is 30.9 cm³/mol. The summed E-state index contributed by atoms with van der Waals surface area (Å²) in [7, 11) is 0. The Kier molecular flexibility index (Phi) is 4.14. The van der Waals surface area contributed by atoms with Gasteiger partial charge in [-0.3, -0.25) is 5.73 Å². The highest BCUT2D eigenvalue weighted by atomic mass is 32.1. The van der Waals surface area contributed by atoms with Gasteiger partial charge in [0, 0.05) is 10.6 Å². The Morgan fingerprint density at radius 1 is 1.86 bits per heavy atom. The monoisotopic (exact) mass is 120 g/mol. The smallest absolute Gasteiger partial charge is 0.274 e. The summed E-state index contributed by atoms with van der Waals surface area (Å²) in [6, 6.07) is 0. The van der Waals surface area contributed by atoms with Crippen LogP contribution in [0.3, 0.4) is 0 Å². The van der Waals surface area contributed by atoms with Gasteiger partial charge < -0.3 is 0 Å². The second-order valence-corrected chi connectivity index (χ2v) is 2.22. The summed E-state index contributed by atoms with van der Waals surface area (Å²) in [5.74, 6) is 0. The summed E-state index contributed by atoms with van der Waals surface area (Å²) in [5, 5.41) is -0.190. The van der Waals surface area contributed by atoms with E-state index in [0.717, 1.165) is 12.8 Å². The first kappa shape index (κ1) is 6.98. The molecule has 0 bridgehead atoms. The van der Waals surface area contributed by atoms with Gasteiger partial charge in [0.05, 0.1) is 0 Å². The second-order valence-electron chi connectivity index (χ2n) is 1.42. The summed E-state index contributed by atoms with van der Waals surface area (Å²) in [6.07, 6.45) is 1.82. The van der Waals surface area contributed by atoms with E-state index >= 15 is 0 Å². The summed E-state index contributed by atoms with van der Waals surface area (Å²) < 4.78 is 9.81. The summed E-state index contributed by atoms with van der Waals surface area (Å²) >= 11 is 0.477. The van der Waals surface area contributed by atoms with Crippen molar-refractivity contribution in [2.24, 2.45) is 5.73 Å². The molecule has 1 unspecified atom stereocenters. The van der Waals surface area contributed by atoms with Crippen LogP contribution >= 0.6 is 0 Å². The van der Waals surface area contributed by atoms with Crippen molar-refractivity contribution in [3.8, 4) is 0 Å². The average Bonchev–Trinajstić information content (AvgIpc) is 1.68. The molecule has 0 fully saturated rings. The van der Waals surface area contributed by atoms with Gasteiger partial charge in [-0.2, -0.15) is 0 Å². The van der Waals surface area contributed by atoms with E-state index in [1.807, 2.05) is 6.92 Å². The fourth-order valence-electron chi connectivity index (χ4n) is 0.333. The van der Waals surface area contributed by atoms with E-state index in [-0.39, 0.29) is 5.37 Å². The third-order valence-electron chi connectivity index (χ3n) is 0.697. The predicted octanol–water partition coefficient (Wildman–Crippen LogP) is 0.499. The number of hydrogen-bond acceptors (Lipinski definition) is 2. The maximum absolute atomic E-state index is 9.81. The maximum atomic E-state index is 9.81. The van der Waals surface area contributed by atoms with Crippen molar-refractivity contribution in [2.75, 3.05) is 0 Å². The topological polar surface area (TPSA) is 43.1 Å². The molecule has 0 heterocycles. The van der Waals surface area contributed by atoms with E-state index in [9.17, 15) is 4.21 Å². The molecule has 0 amide bonds. The van der Waals surface area contributed by atoms with Crippen LogP contribution < -0.4 is 5.73 Å². The van der Waals surface area contributed by atoms with Crippen LogP contribution in [0.2, 0.25) is 0 Å². The highest BCUT2D eigenvalue weighted by Crippen LogP contribution is 1.89. The highest BCUT2D eigenvalue weighted by molar-refractivity contribution is 7.66. The fraction of sp³-hybridized carbons (Fsp3) is 1.00. The molecule has 0 aromatic carbocycles. The molecule has 0 saturated carbocycles. The Hall–Kier alpha value is -0.0200. The minimum Gasteiger partial charge on any atom is -0.274 e. The lowest BCUT2D eigenvalue weighted by Gasteiger charge is -1.83. The van der Waals surface area contributed by atoms with Crippen molar-refractivity contribution in [1.29, 1.82) is 0 Å². The van der Waals surface area contributed by atoms with Crippen molar-refractivity contribution in [3.63, 3.8) is 0 Å². The molecule has 0 aromatic rings. The zero-order valence-corrected chi connectivity index (χ0v) is 5.20. The van der Waals surface area contributed by atoms with Crippen LogP contribution in [0, 0.1) is 0 Å². The highest BCUT2D eigenvalue weighted by Gasteiger charge is 2.11. The Labute approximate surface area is 47.6 Å². The molecule has 3 heteroatoms. The van der Waals surface area contributed by atoms with E-state index < -0.39 is 0 Å². The van der Waals surface area contributed by atoms with Crippen molar-refractivity contribution in [3.05, 3.63) is 0 Å². The fourth-order valence-corrected chi connectivity index (χ4v) is 0.665. The molecule has 0 aliphatic heterocycles. The minimum atomic E-state index is -0.190. The minimum absolute atomic E-state index is 0.190. The van der Waals surface area contributed by atoms with Crippen LogP contribution in [0.15, 0.2) is 0 Å². The number of nitrogens with two attached hydrogens (primary N) is 1. The van der Waals surface area contributed by atoms with E-state index in [1.165, 1.54) is 0 Å². The van der Waals surface area contributed by atoms with Gasteiger partial charge in [0.1, 0.15) is 0 Å². The zero-order chi connectivity index (χ0) is 5.70. The lowest BCUT2D eigenvalue weighted by molar-refractivity contribution is 0.593. The summed E-state index contributed by atoms with van der Waals surface area (Å²) in [4.78, 5) is 0. The molecule has 0 saturated heterocycles. The number of hydrogen-bond donors (Lipinski definition) is 1. The third kappa shape index (κ3) is 3.82. The van der Waals surface area contributed by atoms with Gasteiger partial charge in [0.2, 0.25) is 0 Å². The van der Waals surface area contributed by atoms with Crippen molar-refractivity contribution in [2.45, 2.75) is 25.1 Å². The molecule has 1 atom stereocenters. The number of rotatable bonds is 3. The molecule has 0 aliphatic carbocycles. The normalized spacial score (nSPS) is 13.4. The van der Waals surface area contributed by atoms with Crippen molar-refractivity contribution >= 4 is 11.7 Å². The van der Waals surface area contributed by atoms with Crippen LogP contribution in [0.5, 0.6) is 0 Å². The lowest BCUT2D eigenvalue weighted by Crippen LogP contribution is -2.16. The Morgan fingerprint density at radius 3 is 2.57 bits per heavy atom. The maximum Gasteiger partial charge on any atom is 0.478 e. The van der Waals surface area contributed by atoms with Gasteiger partial charge in [-0.15, -0.1) is 0 Å². The van der Waals surface area contributed by atoms with Crippen LogP contribution in [0.4, 0.5) is 0 Å². The largest absolute Gasteiger partial charge is 0.478 e. The molecule has 42 valence electrons. The average molecular weight is 120 g/mol. The van der Waals surface area contributed by atoms with Crippen LogP contribution in [-0.4, -0.2) is 5.37 Å². The molecule has 2 N–H and O–H groups in total. The van der Waals surface area contributed by atoms with Crippen LogP contribution in [0.1, 0.15) is 19.8 Å². The molecule has 0 aliphatic rings. The van der Waals surface area contributed by atoms with Gasteiger partial charge in [0.25, 0.3) is 5.37 Å². The van der Waals surface area contributed by atoms with Gasteiger partial charge in [-0.05, 0) is 6.42 Å². The zero-order valence-electron chi connectivity index (χ0n) is 4.39. The van der Waals surface area contributed by atoms with Crippen LogP contribution in [-0.2, 0) is 15.9 Å². The molecule has 0 spiro atoms. The lowest BCUT2D eigenvalue weighted by atomic mass is 10.3. The molecular weight excluding hydrogens is 110 g/mol. The quantitative estimate of drug-likeness (QED) is 0.435. The first-order valence-corrected chi connectivity index (χ1v) is 3.16. The van der Waals surface area contributed by atoms with Crippen molar-refractivity contribution in [1.82, 2.24) is 0 Å². The molecular formula is C4H10NOS+. The van der Waals surface area contributed by atoms with E-state index in [0.29, 0.717) is 11.7 Å². The summed E-state index contributed by atoms with van der Waals surface area (Å²) in [6.45, 7) is 2.01. The molecule has 7 heavy (non-hydrogen) atoms. The Bertz CT molecular complexity index is 57.7. The first-order chi connectivity index (χ1) is 3.31. The Morgan fingerprint density at radius 2 is 2.43 bits per heavy atom. The van der Waals surface area contributed by atoms with E-state index in [1.54, 1.807) is 0 Å². The van der Waals surface area contributed by atoms with Gasteiger partial charge in [-0.1, -0.05) is 6.92 Å². The van der Waals surface area contributed by atoms with Gasteiger partial charge in [0.15, 0.2) is 0 Å². The molecule has 0 aromatic heterocycles. The van der Waals surface area contributed by atoms with E-state index in [2.05, 4.69) is 0 Å². The van der Waals surface area contributed by atoms with E-state index in [4.69, 9.17) is 5.73 Å². The molecule has 0 radical (unpaired) electrons. The SMILES string of the molecule is CCCC(N)[S+]=O. The van der Waals surface area contributed by atoms with Crippen LogP contribution in [0.25, 0.3) is 0 Å². The Balaban J connectivity index is 2.98. The standard InChI is InChI=1S/C4H10NOS/c1-2-3-4(5)7-6/h4H,2-3,5H2,1H3/q+1. The second kappa shape index (κ2) is 4.15. The third-order valence-corrected chi connectivity index (χ3v) is 1.18. The first-order valence-electron chi connectivity index (χ1n) is 2.35. The van der Waals surface area contributed by atoms with Gasteiger partial charge >= 0.3 is 11.7 Å². The van der Waals surface area contributed by atoms with Crippen molar-refractivity contribution < 1.29 is 4.21 Å². The van der Waals surface area contributed by atoms with Gasteiger partial charge in [-0.25, -0.2) is 0 Å². The summed E-state index contributed by atoms with van der Waals surface area (Å²) in [5.41, 5.74) is 5.23.